The summed E-state index contributed by atoms with van der Waals surface area (Å²) in [7, 11) is 0. The van der Waals surface area contributed by atoms with Gasteiger partial charge in [0.2, 0.25) is 0 Å². The molecule has 2 N–H and O–H groups in total. The molecule has 1 fully saturated rings. The van der Waals surface area contributed by atoms with E-state index >= 15 is 0 Å². The van der Waals surface area contributed by atoms with Gasteiger partial charge in [-0.15, -0.1) is 0 Å². The van der Waals surface area contributed by atoms with E-state index < -0.39 is 0 Å². The molecule has 0 aliphatic heterocycles. The zero-order valence-corrected chi connectivity index (χ0v) is 11.2. The Balaban J connectivity index is 1.49. The smallest absolute Gasteiger partial charge is 0.123 e. The molecule has 3 heteroatoms. The zero-order chi connectivity index (χ0) is 13.9. The summed E-state index contributed by atoms with van der Waals surface area (Å²) in [6.07, 6.45) is 2.14. The van der Waals surface area contributed by atoms with Gasteiger partial charge >= 0.3 is 0 Å². The Morgan fingerprint density at radius 3 is 2.45 bits per heavy atom. The van der Waals surface area contributed by atoms with Crippen molar-refractivity contribution in [3.05, 3.63) is 65.5 Å². The van der Waals surface area contributed by atoms with Crippen LogP contribution < -0.4 is 5.32 Å². The molecule has 2 aromatic carbocycles. The Morgan fingerprint density at radius 1 is 1.05 bits per heavy atom. The monoisotopic (exact) mass is 271 g/mol. The van der Waals surface area contributed by atoms with Crippen molar-refractivity contribution >= 4 is 0 Å². The van der Waals surface area contributed by atoms with Crippen molar-refractivity contribution in [2.75, 3.05) is 0 Å². The number of phenols is 1. The highest BCUT2D eigenvalue weighted by atomic mass is 19.1. The number of nitrogens with one attached hydrogen (secondary N) is 1. The fourth-order valence-corrected chi connectivity index (χ4v) is 2.71. The maximum atomic E-state index is 12.9. The number of rotatable bonds is 4. The van der Waals surface area contributed by atoms with Gasteiger partial charge < -0.3 is 10.4 Å². The molecule has 20 heavy (non-hydrogen) atoms. The summed E-state index contributed by atoms with van der Waals surface area (Å²) >= 11 is 0. The first-order valence-corrected chi connectivity index (χ1v) is 6.98. The number of hydrogen-bond donors (Lipinski definition) is 2. The minimum absolute atomic E-state index is 0.178. The van der Waals surface area contributed by atoms with E-state index in [1.807, 2.05) is 30.3 Å². The molecule has 0 atom stereocenters. The fraction of sp³-hybridized carbons (Fsp3) is 0.294. The van der Waals surface area contributed by atoms with Crippen LogP contribution in [0.5, 0.6) is 5.75 Å². The van der Waals surface area contributed by atoms with Crippen LogP contribution in [-0.4, -0.2) is 11.1 Å². The van der Waals surface area contributed by atoms with Crippen molar-refractivity contribution in [2.24, 2.45) is 0 Å². The Morgan fingerprint density at radius 2 is 1.75 bits per heavy atom. The van der Waals surface area contributed by atoms with Gasteiger partial charge in [0, 0.05) is 18.2 Å². The van der Waals surface area contributed by atoms with Gasteiger partial charge in [0.05, 0.1) is 0 Å². The van der Waals surface area contributed by atoms with Crippen LogP contribution in [0, 0.1) is 5.82 Å². The van der Waals surface area contributed by atoms with Crippen LogP contribution in [0.4, 0.5) is 4.39 Å². The van der Waals surface area contributed by atoms with Crippen LogP contribution in [0.2, 0.25) is 0 Å². The Bertz CT molecular complexity index is 576. The van der Waals surface area contributed by atoms with Crippen molar-refractivity contribution in [3.8, 4) is 5.75 Å². The molecule has 0 saturated heterocycles. The molecule has 0 radical (unpaired) electrons. The van der Waals surface area contributed by atoms with Gasteiger partial charge in [0.1, 0.15) is 11.6 Å². The van der Waals surface area contributed by atoms with Gasteiger partial charge in [-0.3, -0.25) is 0 Å². The molecule has 0 aromatic heterocycles. The summed E-state index contributed by atoms with van der Waals surface area (Å²) in [5.41, 5.74) is 2.14. The molecule has 0 spiro atoms. The number of halogens is 1. The third kappa shape index (κ3) is 2.83. The quantitative estimate of drug-likeness (QED) is 0.891. The largest absolute Gasteiger partial charge is 0.508 e. The lowest BCUT2D eigenvalue weighted by Gasteiger charge is -2.36. The van der Waals surface area contributed by atoms with Gasteiger partial charge in [-0.1, -0.05) is 30.3 Å². The van der Waals surface area contributed by atoms with Crippen molar-refractivity contribution in [3.63, 3.8) is 0 Å². The summed E-state index contributed by atoms with van der Waals surface area (Å²) in [6.45, 7) is 0.688. The second kappa shape index (κ2) is 5.63. The third-order valence-corrected chi connectivity index (χ3v) is 4.05. The highest BCUT2D eigenvalue weighted by Crippen LogP contribution is 2.37. The average molecular weight is 271 g/mol. The first-order chi connectivity index (χ1) is 9.72. The van der Waals surface area contributed by atoms with Crippen LogP contribution in [0.25, 0.3) is 0 Å². The molecule has 0 bridgehead atoms. The van der Waals surface area contributed by atoms with Crippen molar-refractivity contribution in [1.29, 1.82) is 0 Å². The molecule has 1 aliphatic carbocycles. The van der Waals surface area contributed by atoms with Gasteiger partial charge in [-0.2, -0.15) is 0 Å². The molecular formula is C17H18FNO. The van der Waals surface area contributed by atoms with Crippen LogP contribution in [0.1, 0.15) is 29.9 Å². The molecule has 3 rings (SSSR count). The van der Waals surface area contributed by atoms with Crippen LogP contribution in [0.3, 0.4) is 0 Å². The second-order valence-electron chi connectivity index (χ2n) is 5.43. The summed E-state index contributed by atoms with van der Waals surface area (Å²) < 4.78 is 12.9. The topological polar surface area (TPSA) is 32.3 Å². The molecule has 104 valence electrons. The Hall–Kier alpha value is -1.87. The highest BCUT2D eigenvalue weighted by Gasteiger charge is 2.29. The first kappa shape index (κ1) is 13.1. The second-order valence-corrected chi connectivity index (χ2v) is 5.43. The van der Waals surface area contributed by atoms with E-state index in [4.69, 9.17) is 0 Å². The number of aromatic hydroxyl groups is 1. The molecule has 1 aliphatic rings. The standard InChI is InChI=1S/C17H18FNO/c18-15-7-5-12(6-8-15)14-9-16(10-14)19-11-13-3-1-2-4-17(13)20/h1-8,14,16,19-20H,9-11H2. The lowest BCUT2D eigenvalue weighted by molar-refractivity contribution is 0.288. The lowest BCUT2D eigenvalue weighted by Crippen LogP contribution is -2.39. The van der Waals surface area contributed by atoms with E-state index in [-0.39, 0.29) is 5.82 Å². The summed E-state index contributed by atoms with van der Waals surface area (Å²) in [5, 5.41) is 13.1. The molecule has 1 saturated carbocycles. The minimum Gasteiger partial charge on any atom is -0.508 e. The van der Waals surface area contributed by atoms with Crippen LogP contribution in [0.15, 0.2) is 48.5 Å². The molecular weight excluding hydrogens is 253 g/mol. The zero-order valence-electron chi connectivity index (χ0n) is 11.2. The van der Waals surface area contributed by atoms with E-state index in [1.165, 1.54) is 17.7 Å². The normalized spacial score (nSPS) is 21.4. The number of benzene rings is 2. The predicted molar refractivity (Wildman–Crippen MR) is 77.1 cm³/mol. The average Bonchev–Trinajstić information content (AvgIpc) is 2.41. The van der Waals surface area contributed by atoms with Crippen LogP contribution in [-0.2, 0) is 6.54 Å². The maximum absolute atomic E-state index is 12.9. The van der Waals surface area contributed by atoms with E-state index in [0.29, 0.717) is 24.3 Å². The van der Waals surface area contributed by atoms with E-state index in [0.717, 1.165) is 18.4 Å². The molecule has 0 amide bonds. The van der Waals surface area contributed by atoms with E-state index in [1.54, 1.807) is 6.07 Å². The van der Waals surface area contributed by atoms with Crippen molar-refractivity contribution in [1.82, 2.24) is 5.32 Å². The number of hydrogen-bond acceptors (Lipinski definition) is 2. The van der Waals surface area contributed by atoms with Gasteiger partial charge in [-0.05, 0) is 42.5 Å². The molecule has 0 heterocycles. The highest BCUT2D eigenvalue weighted by molar-refractivity contribution is 5.31. The van der Waals surface area contributed by atoms with E-state index in [9.17, 15) is 9.50 Å². The SMILES string of the molecule is Oc1ccccc1CNC1CC(c2ccc(F)cc2)C1. The van der Waals surface area contributed by atoms with Crippen LogP contribution >= 0.6 is 0 Å². The lowest BCUT2D eigenvalue weighted by atomic mass is 9.76. The predicted octanol–water partition coefficient (Wildman–Crippen LogP) is 3.57. The summed E-state index contributed by atoms with van der Waals surface area (Å²) in [4.78, 5) is 0. The maximum Gasteiger partial charge on any atom is 0.123 e. The molecule has 2 aromatic rings. The van der Waals surface area contributed by atoms with Gasteiger partial charge in [0.25, 0.3) is 0 Å². The minimum atomic E-state index is -0.178. The number of para-hydroxylation sites is 1. The summed E-state index contributed by atoms with van der Waals surface area (Å²) in [6, 6.07) is 14.7. The Kier molecular flexibility index (Phi) is 3.70. The van der Waals surface area contributed by atoms with Crippen molar-refractivity contribution < 1.29 is 9.50 Å². The van der Waals surface area contributed by atoms with Gasteiger partial charge in [-0.25, -0.2) is 4.39 Å². The van der Waals surface area contributed by atoms with E-state index in [2.05, 4.69) is 5.32 Å². The number of phenolic OH excluding ortho intramolecular Hbond substituents is 1. The van der Waals surface area contributed by atoms with Crippen molar-refractivity contribution in [2.45, 2.75) is 31.3 Å². The van der Waals surface area contributed by atoms with Gasteiger partial charge in [0.15, 0.2) is 0 Å². The first-order valence-electron chi connectivity index (χ1n) is 6.98. The fourth-order valence-electron chi connectivity index (χ4n) is 2.71. The molecule has 2 nitrogen and oxygen atoms in total. The summed E-state index contributed by atoms with van der Waals surface area (Å²) in [5.74, 6) is 0.689. The Labute approximate surface area is 118 Å². The third-order valence-electron chi connectivity index (χ3n) is 4.05. The molecule has 0 unspecified atom stereocenters.